The van der Waals surface area contributed by atoms with Crippen molar-refractivity contribution in [3.8, 4) is 0 Å². The quantitative estimate of drug-likeness (QED) is 0.764. The second-order valence-electron chi connectivity index (χ2n) is 4.33. The normalized spacial score (nSPS) is 12.5. The van der Waals surface area contributed by atoms with Crippen molar-refractivity contribution in [3.05, 3.63) is 71.8 Å². The standard InChI is InChI=1S/C15H12FN3/c16-12-4-1-10(2-5-12)15(17)11-3-6-13-14(9-11)19-8-7-18-13/h1-9,15H,17H2. The summed E-state index contributed by atoms with van der Waals surface area (Å²) in [6.07, 6.45) is 3.30. The second kappa shape index (κ2) is 4.74. The lowest BCUT2D eigenvalue weighted by Gasteiger charge is -2.12. The number of hydrogen-bond donors (Lipinski definition) is 1. The summed E-state index contributed by atoms with van der Waals surface area (Å²) in [5.41, 5.74) is 9.62. The molecule has 1 atom stereocenters. The minimum atomic E-state index is -0.299. The van der Waals surface area contributed by atoms with E-state index >= 15 is 0 Å². The number of halogens is 1. The Kier molecular flexibility index (Phi) is 2.93. The van der Waals surface area contributed by atoms with Gasteiger partial charge in [0.1, 0.15) is 5.82 Å². The van der Waals surface area contributed by atoms with Crippen LogP contribution >= 0.6 is 0 Å². The summed E-state index contributed by atoms with van der Waals surface area (Å²) < 4.78 is 12.9. The number of benzene rings is 2. The van der Waals surface area contributed by atoms with E-state index < -0.39 is 0 Å². The van der Waals surface area contributed by atoms with Gasteiger partial charge in [0.25, 0.3) is 0 Å². The highest BCUT2D eigenvalue weighted by Crippen LogP contribution is 2.22. The van der Waals surface area contributed by atoms with Crippen molar-refractivity contribution in [3.63, 3.8) is 0 Å². The van der Waals surface area contributed by atoms with Crippen molar-refractivity contribution < 1.29 is 4.39 Å². The van der Waals surface area contributed by atoms with Crippen molar-refractivity contribution >= 4 is 11.0 Å². The van der Waals surface area contributed by atoms with Crippen LogP contribution in [0, 0.1) is 5.82 Å². The molecule has 1 aromatic heterocycles. The third kappa shape index (κ3) is 2.30. The van der Waals surface area contributed by atoms with Gasteiger partial charge in [-0.1, -0.05) is 18.2 Å². The van der Waals surface area contributed by atoms with Gasteiger partial charge in [0.05, 0.1) is 17.1 Å². The lowest BCUT2D eigenvalue weighted by atomic mass is 9.99. The van der Waals surface area contributed by atoms with Gasteiger partial charge in [-0.05, 0) is 35.4 Å². The maximum Gasteiger partial charge on any atom is 0.123 e. The minimum absolute atomic E-state index is 0.264. The number of aromatic nitrogens is 2. The molecule has 1 unspecified atom stereocenters. The number of fused-ring (bicyclic) bond motifs is 1. The summed E-state index contributed by atoms with van der Waals surface area (Å²) in [5.74, 6) is -0.264. The Morgan fingerprint density at radius 3 is 2.21 bits per heavy atom. The average Bonchev–Trinajstić information content (AvgIpc) is 2.47. The summed E-state index contributed by atoms with van der Waals surface area (Å²) in [7, 11) is 0. The number of nitrogens with zero attached hydrogens (tertiary/aromatic N) is 2. The fourth-order valence-electron chi connectivity index (χ4n) is 2.04. The molecule has 2 aromatic carbocycles. The molecular weight excluding hydrogens is 241 g/mol. The van der Waals surface area contributed by atoms with E-state index in [1.54, 1.807) is 24.5 Å². The van der Waals surface area contributed by atoms with E-state index in [1.807, 2.05) is 18.2 Å². The van der Waals surface area contributed by atoms with Crippen LogP contribution in [0.5, 0.6) is 0 Å². The predicted molar refractivity (Wildman–Crippen MR) is 72.0 cm³/mol. The first kappa shape index (κ1) is 11.7. The SMILES string of the molecule is NC(c1ccc(F)cc1)c1ccc2nccnc2c1. The van der Waals surface area contributed by atoms with Crippen LogP contribution < -0.4 is 5.73 Å². The van der Waals surface area contributed by atoms with Crippen molar-refractivity contribution in [1.82, 2.24) is 9.97 Å². The first-order valence-electron chi connectivity index (χ1n) is 5.96. The molecular formula is C15H12FN3. The Hall–Kier alpha value is -2.33. The Morgan fingerprint density at radius 1 is 0.842 bits per heavy atom. The zero-order chi connectivity index (χ0) is 13.2. The highest BCUT2D eigenvalue weighted by atomic mass is 19.1. The molecule has 4 heteroatoms. The minimum Gasteiger partial charge on any atom is -0.320 e. The van der Waals surface area contributed by atoms with Crippen LogP contribution in [0.15, 0.2) is 54.9 Å². The molecule has 3 nitrogen and oxygen atoms in total. The van der Waals surface area contributed by atoms with E-state index in [1.165, 1.54) is 12.1 Å². The lowest BCUT2D eigenvalue weighted by Crippen LogP contribution is -2.11. The Labute approximate surface area is 109 Å². The van der Waals surface area contributed by atoms with Gasteiger partial charge in [0, 0.05) is 12.4 Å². The van der Waals surface area contributed by atoms with Crippen molar-refractivity contribution in [2.24, 2.45) is 5.73 Å². The van der Waals surface area contributed by atoms with Gasteiger partial charge in [0.15, 0.2) is 0 Å². The molecule has 0 saturated heterocycles. The molecule has 19 heavy (non-hydrogen) atoms. The molecule has 0 amide bonds. The largest absolute Gasteiger partial charge is 0.320 e. The summed E-state index contributed by atoms with van der Waals surface area (Å²) in [5, 5.41) is 0. The highest BCUT2D eigenvalue weighted by molar-refractivity contribution is 5.74. The van der Waals surface area contributed by atoms with Gasteiger partial charge < -0.3 is 5.73 Å². The summed E-state index contributed by atoms with van der Waals surface area (Å²) in [4.78, 5) is 8.47. The van der Waals surface area contributed by atoms with E-state index in [-0.39, 0.29) is 11.9 Å². The van der Waals surface area contributed by atoms with Gasteiger partial charge in [-0.15, -0.1) is 0 Å². The van der Waals surface area contributed by atoms with E-state index in [9.17, 15) is 4.39 Å². The molecule has 1 heterocycles. The molecule has 0 saturated carbocycles. The number of hydrogen-bond acceptors (Lipinski definition) is 3. The van der Waals surface area contributed by atoms with Crippen LogP contribution in [0.4, 0.5) is 4.39 Å². The van der Waals surface area contributed by atoms with Gasteiger partial charge in [-0.2, -0.15) is 0 Å². The van der Waals surface area contributed by atoms with Gasteiger partial charge in [-0.3, -0.25) is 9.97 Å². The van der Waals surface area contributed by atoms with Crippen LogP contribution in [-0.2, 0) is 0 Å². The van der Waals surface area contributed by atoms with Gasteiger partial charge >= 0.3 is 0 Å². The van der Waals surface area contributed by atoms with Crippen LogP contribution in [0.25, 0.3) is 11.0 Å². The first-order chi connectivity index (χ1) is 9.24. The lowest BCUT2D eigenvalue weighted by molar-refractivity contribution is 0.626. The number of rotatable bonds is 2. The molecule has 0 radical (unpaired) electrons. The zero-order valence-corrected chi connectivity index (χ0v) is 10.1. The third-order valence-electron chi connectivity index (χ3n) is 3.08. The van der Waals surface area contributed by atoms with E-state index in [0.29, 0.717) is 0 Å². The molecule has 0 bridgehead atoms. The Morgan fingerprint density at radius 2 is 1.47 bits per heavy atom. The van der Waals surface area contributed by atoms with Crippen LogP contribution in [-0.4, -0.2) is 9.97 Å². The van der Waals surface area contributed by atoms with Crippen LogP contribution in [0.1, 0.15) is 17.2 Å². The van der Waals surface area contributed by atoms with E-state index in [2.05, 4.69) is 9.97 Å². The highest BCUT2D eigenvalue weighted by Gasteiger charge is 2.10. The van der Waals surface area contributed by atoms with Crippen LogP contribution in [0.3, 0.4) is 0 Å². The maximum atomic E-state index is 12.9. The van der Waals surface area contributed by atoms with Crippen molar-refractivity contribution in [2.45, 2.75) is 6.04 Å². The summed E-state index contributed by atoms with van der Waals surface area (Å²) >= 11 is 0. The molecule has 0 aliphatic heterocycles. The van der Waals surface area contributed by atoms with E-state index in [4.69, 9.17) is 5.73 Å². The van der Waals surface area contributed by atoms with Gasteiger partial charge in [-0.25, -0.2) is 4.39 Å². The third-order valence-corrected chi connectivity index (χ3v) is 3.08. The number of nitrogens with two attached hydrogens (primary N) is 1. The van der Waals surface area contributed by atoms with Gasteiger partial charge in [0.2, 0.25) is 0 Å². The first-order valence-corrected chi connectivity index (χ1v) is 5.96. The molecule has 3 rings (SSSR count). The zero-order valence-electron chi connectivity index (χ0n) is 10.1. The maximum absolute atomic E-state index is 12.9. The molecule has 0 spiro atoms. The molecule has 0 aliphatic carbocycles. The monoisotopic (exact) mass is 253 g/mol. The van der Waals surface area contributed by atoms with Crippen LogP contribution in [0.2, 0.25) is 0 Å². The summed E-state index contributed by atoms with van der Waals surface area (Å²) in [6.45, 7) is 0. The van der Waals surface area contributed by atoms with Crippen molar-refractivity contribution in [1.29, 1.82) is 0 Å². The van der Waals surface area contributed by atoms with E-state index in [0.717, 1.165) is 22.2 Å². The fraction of sp³-hybridized carbons (Fsp3) is 0.0667. The smallest absolute Gasteiger partial charge is 0.123 e. The van der Waals surface area contributed by atoms with Crippen molar-refractivity contribution in [2.75, 3.05) is 0 Å². The summed E-state index contributed by atoms with van der Waals surface area (Å²) in [6, 6.07) is 11.6. The average molecular weight is 253 g/mol. The fourth-order valence-corrected chi connectivity index (χ4v) is 2.04. The molecule has 3 aromatic rings. The second-order valence-corrected chi connectivity index (χ2v) is 4.33. The predicted octanol–water partition coefficient (Wildman–Crippen LogP) is 2.82. The Balaban J connectivity index is 2.01. The molecule has 0 aliphatic rings. The Bertz CT molecular complexity index is 710. The molecule has 94 valence electrons. The molecule has 2 N–H and O–H groups in total. The topological polar surface area (TPSA) is 51.8 Å². The molecule has 0 fully saturated rings.